The van der Waals surface area contributed by atoms with Gasteiger partial charge in [-0.25, -0.2) is 0 Å². The second-order valence-electron chi connectivity index (χ2n) is 8.39. The smallest absolute Gasteiger partial charge is 0.324 e. The molecule has 2 atom stereocenters. The van der Waals surface area contributed by atoms with Gasteiger partial charge in [-0.3, -0.25) is 19.2 Å². The maximum absolute atomic E-state index is 12.4. The second kappa shape index (κ2) is 11.1. The van der Waals surface area contributed by atoms with Gasteiger partial charge in [0.15, 0.2) is 11.5 Å². The lowest BCUT2D eigenvalue weighted by Gasteiger charge is -2.29. The van der Waals surface area contributed by atoms with Crippen molar-refractivity contribution < 1.29 is 38.5 Å². The van der Waals surface area contributed by atoms with Crippen molar-refractivity contribution in [3.63, 3.8) is 0 Å². The zero-order valence-corrected chi connectivity index (χ0v) is 18.7. The van der Waals surface area contributed by atoms with Crippen LogP contribution in [0.3, 0.4) is 0 Å². The number of carboxylic acid groups (broad SMARTS) is 1. The SMILES string of the molecule is CC(=O)Oc1ccc(CC(N)(C[C@H](C)OC(=O)C2CCCCC2)C(=O)O)cc1OC(C)=O. The van der Waals surface area contributed by atoms with Crippen molar-refractivity contribution in [1.29, 1.82) is 0 Å². The summed E-state index contributed by atoms with van der Waals surface area (Å²) in [6.45, 7) is 4.02. The van der Waals surface area contributed by atoms with Crippen LogP contribution in [0, 0.1) is 5.92 Å². The highest BCUT2D eigenvalue weighted by Gasteiger charge is 2.38. The fourth-order valence-corrected chi connectivity index (χ4v) is 3.92. The summed E-state index contributed by atoms with van der Waals surface area (Å²) in [7, 11) is 0. The van der Waals surface area contributed by atoms with Crippen LogP contribution < -0.4 is 15.2 Å². The zero-order valence-electron chi connectivity index (χ0n) is 18.7. The lowest BCUT2D eigenvalue weighted by molar-refractivity contribution is -0.158. The first-order chi connectivity index (χ1) is 15.0. The number of carbonyl (C=O) groups is 4. The van der Waals surface area contributed by atoms with Crippen LogP contribution in [0.1, 0.15) is 64.9 Å². The number of carboxylic acids is 1. The molecule has 1 aromatic carbocycles. The minimum atomic E-state index is -1.73. The number of hydrogen-bond acceptors (Lipinski definition) is 8. The van der Waals surface area contributed by atoms with E-state index in [1.54, 1.807) is 6.92 Å². The maximum Gasteiger partial charge on any atom is 0.324 e. The van der Waals surface area contributed by atoms with Gasteiger partial charge in [-0.15, -0.1) is 0 Å². The molecular weight excluding hydrogens is 418 g/mol. The molecule has 1 aliphatic carbocycles. The predicted molar refractivity (Wildman–Crippen MR) is 114 cm³/mol. The number of carbonyl (C=O) groups excluding carboxylic acids is 3. The zero-order chi connectivity index (χ0) is 23.9. The topological polar surface area (TPSA) is 142 Å². The highest BCUT2D eigenvalue weighted by molar-refractivity contribution is 5.79. The second-order valence-corrected chi connectivity index (χ2v) is 8.39. The van der Waals surface area contributed by atoms with Gasteiger partial charge >= 0.3 is 23.9 Å². The third-order valence-corrected chi connectivity index (χ3v) is 5.37. The van der Waals surface area contributed by atoms with E-state index in [0.717, 1.165) is 32.1 Å². The van der Waals surface area contributed by atoms with E-state index in [-0.39, 0.29) is 36.2 Å². The van der Waals surface area contributed by atoms with E-state index in [0.29, 0.717) is 5.56 Å². The normalized spacial score (nSPS) is 17.0. The van der Waals surface area contributed by atoms with Crippen molar-refractivity contribution in [2.24, 2.45) is 11.7 Å². The van der Waals surface area contributed by atoms with Gasteiger partial charge in [-0.2, -0.15) is 0 Å². The van der Waals surface area contributed by atoms with Crippen molar-refractivity contribution in [2.75, 3.05) is 0 Å². The summed E-state index contributed by atoms with van der Waals surface area (Å²) in [5.41, 5.74) is 4.93. The van der Waals surface area contributed by atoms with Crippen molar-refractivity contribution in [2.45, 2.75) is 77.4 Å². The number of aliphatic carboxylic acids is 1. The maximum atomic E-state index is 12.4. The van der Waals surface area contributed by atoms with Crippen molar-refractivity contribution in [1.82, 2.24) is 0 Å². The highest BCUT2D eigenvalue weighted by atomic mass is 16.6. The van der Waals surface area contributed by atoms with E-state index in [2.05, 4.69) is 0 Å². The summed E-state index contributed by atoms with van der Waals surface area (Å²) in [5.74, 6) is -2.93. The Labute approximate surface area is 187 Å². The van der Waals surface area contributed by atoms with Gasteiger partial charge < -0.3 is 25.1 Å². The Balaban J connectivity index is 2.14. The molecule has 1 aromatic rings. The van der Waals surface area contributed by atoms with Crippen molar-refractivity contribution in [3.05, 3.63) is 23.8 Å². The minimum Gasteiger partial charge on any atom is -0.480 e. The Kier molecular flexibility index (Phi) is 8.77. The van der Waals surface area contributed by atoms with Crippen LogP contribution in [-0.4, -0.2) is 40.6 Å². The first-order valence-corrected chi connectivity index (χ1v) is 10.7. The van der Waals surface area contributed by atoms with Crippen LogP contribution >= 0.6 is 0 Å². The molecule has 1 aliphatic rings. The monoisotopic (exact) mass is 449 g/mol. The van der Waals surface area contributed by atoms with Gasteiger partial charge in [-0.1, -0.05) is 25.3 Å². The van der Waals surface area contributed by atoms with Crippen molar-refractivity contribution in [3.8, 4) is 11.5 Å². The third-order valence-electron chi connectivity index (χ3n) is 5.37. The molecule has 0 heterocycles. The summed E-state index contributed by atoms with van der Waals surface area (Å²) in [6.07, 6.45) is 3.72. The lowest BCUT2D eigenvalue weighted by atomic mass is 9.86. The van der Waals surface area contributed by atoms with Crippen LogP contribution in [0.5, 0.6) is 11.5 Å². The first-order valence-electron chi connectivity index (χ1n) is 10.7. The molecule has 0 saturated heterocycles. The van der Waals surface area contributed by atoms with Crippen LogP contribution in [0.15, 0.2) is 18.2 Å². The number of ether oxygens (including phenoxy) is 3. The van der Waals surface area contributed by atoms with E-state index in [1.807, 2.05) is 0 Å². The molecule has 0 aromatic heterocycles. The Morgan fingerprint density at radius 1 is 1.06 bits per heavy atom. The summed E-state index contributed by atoms with van der Waals surface area (Å²) in [6, 6.07) is 4.35. The molecule has 176 valence electrons. The van der Waals surface area contributed by atoms with E-state index in [4.69, 9.17) is 19.9 Å². The summed E-state index contributed by atoms with van der Waals surface area (Å²) < 4.78 is 15.6. The largest absolute Gasteiger partial charge is 0.480 e. The Morgan fingerprint density at radius 2 is 1.66 bits per heavy atom. The molecule has 9 nitrogen and oxygen atoms in total. The third kappa shape index (κ3) is 7.33. The van der Waals surface area contributed by atoms with Gasteiger partial charge in [-0.05, 0) is 37.5 Å². The fourth-order valence-electron chi connectivity index (χ4n) is 3.92. The number of hydrogen-bond donors (Lipinski definition) is 2. The van der Waals surface area contributed by atoms with Gasteiger partial charge in [0.05, 0.1) is 5.92 Å². The summed E-state index contributed by atoms with van der Waals surface area (Å²) >= 11 is 0. The molecule has 1 saturated carbocycles. The standard InChI is InChI=1S/C23H31NO8/c1-14(30-21(27)18-7-5-4-6-8-18)12-23(24,22(28)29)13-17-9-10-19(31-15(2)25)20(11-17)32-16(3)26/h9-11,14,18H,4-8,12-13,24H2,1-3H3,(H,28,29)/t14-,23?/m0/s1. The van der Waals surface area contributed by atoms with Crippen molar-refractivity contribution >= 4 is 23.9 Å². The quantitative estimate of drug-likeness (QED) is 0.430. The van der Waals surface area contributed by atoms with Gasteiger partial charge in [0.1, 0.15) is 11.6 Å². The van der Waals surface area contributed by atoms with Crippen LogP contribution in [0.2, 0.25) is 0 Å². The highest BCUT2D eigenvalue weighted by Crippen LogP contribution is 2.31. The molecule has 0 aliphatic heterocycles. The van der Waals surface area contributed by atoms with Crippen LogP contribution in [-0.2, 0) is 30.3 Å². The Bertz CT molecular complexity index is 862. The van der Waals surface area contributed by atoms with Crippen LogP contribution in [0.4, 0.5) is 0 Å². The summed E-state index contributed by atoms with van der Waals surface area (Å²) in [4.78, 5) is 47.1. The molecule has 0 radical (unpaired) electrons. The molecule has 1 fully saturated rings. The van der Waals surface area contributed by atoms with Gasteiger partial charge in [0.25, 0.3) is 0 Å². The van der Waals surface area contributed by atoms with Gasteiger partial charge in [0, 0.05) is 26.7 Å². The summed E-state index contributed by atoms with van der Waals surface area (Å²) in [5, 5.41) is 9.79. The number of benzene rings is 1. The number of rotatable bonds is 9. The number of esters is 3. The molecule has 2 rings (SSSR count). The lowest BCUT2D eigenvalue weighted by Crippen LogP contribution is -2.52. The van der Waals surface area contributed by atoms with E-state index in [9.17, 15) is 24.3 Å². The molecule has 0 spiro atoms. The molecule has 9 heteroatoms. The van der Waals surface area contributed by atoms with E-state index < -0.39 is 29.6 Å². The predicted octanol–water partition coefficient (Wildman–Crippen LogP) is 2.76. The Morgan fingerprint density at radius 3 is 2.22 bits per heavy atom. The minimum absolute atomic E-state index is 0.0188. The molecule has 0 bridgehead atoms. The van der Waals surface area contributed by atoms with Gasteiger partial charge in [0.2, 0.25) is 0 Å². The molecule has 32 heavy (non-hydrogen) atoms. The Hall–Kier alpha value is -2.94. The molecule has 1 unspecified atom stereocenters. The average molecular weight is 450 g/mol. The fraction of sp³-hybridized carbons (Fsp3) is 0.565. The molecular formula is C23H31NO8. The molecule has 3 N–H and O–H groups in total. The van der Waals surface area contributed by atoms with E-state index >= 15 is 0 Å². The van der Waals surface area contributed by atoms with Crippen LogP contribution in [0.25, 0.3) is 0 Å². The van der Waals surface area contributed by atoms with E-state index in [1.165, 1.54) is 32.0 Å². The molecule has 0 amide bonds. The number of nitrogens with two attached hydrogens (primary N) is 1. The average Bonchev–Trinajstić information content (AvgIpc) is 2.69. The first kappa shape index (κ1) is 25.3.